The van der Waals surface area contributed by atoms with E-state index in [0.717, 1.165) is 12.0 Å². The van der Waals surface area contributed by atoms with Crippen LogP contribution in [0.4, 0.5) is 0 Å². The van der Waals surface area contributed by atoms with E-state index in [0.29, 0.717) is 22.0 Å². The number of halogens is 1. The topological polar surface area (TPSA) is 75.2 Å². The monoisotopic (exact) mass is 280 g/mol. The van der Waals surface area contributed by atoms with Crippen molar-refractivity contribution in [2.45, 2.75) is 13.3 Å². The Labute approximate surface area is 115 Å². The van der Waals surface area contributed by atoms with Gasteiger partial charge in [0.2, 0.25) is 0 Å². The summed E-state index contributed by atoms with van der Waals surface area (Å²) in [5.41, 5.74) is 2.14. The van der Waals surface area contributed by atoms with Crippen LogP contribution in [0.25, 0.3) is 11.3 Å². The number of H-pyrrole nitrogens is 1. The molecule has 0 aliphatic rings. The van der Waals surface area contributed by atoms with Crippen LogP contribution >= 0.6 is 11.6 Å². The molecule has 0 saturated heterocycles. The summed E-state index contributed by atoms with van der Waals surface area (Å²) in [6.45, 7) is 1.99. The van der Waals surface area contributed by atoms with Crippen molar-refractivity contribution >= 4 is 17.6 Å². The van der Waals surface area contributed by atoms with E-state index in [-0.39, 0.29) is 5.69 Å². The summed E-state index contributed by atoms with van der Waals surface area (Å²) in [5, 5.41) is 15.9. The number of aromatic carboxylic acids is 1. The zero-order valence-corrected chi connectivity index (χ0v) is 11.3. The molecule has 2 N–H and O–H groups in total. The summed E-state index contributed by atoms with van der Waals surface area (Å²) in [4.78, 5) is 10.9. The van der Waals surface area contributed by atoms with Crippen molar-refractivity contribution in [3.05, 3.63) is 34.5 Å². The molecular weight excluding hydrogens is 268 g/mol. The SMILES string of the molecule is CCc1cc(Cl)cc(-c2cc(C(=O)O)[nH]n2)c1OC. The van der Waals surface area contributed by atoms with Gasteiger partial charge in [-0.25, -0.2) is 4.79 Å². The molecule has 2 rings (SSSR count). The zero-order chi connectivity index (χ0) is 14.0. The van der Waals surface area contributed by atoms with Crippen molar-refractivity contribution in [2.24, 2.45) is 0 Å². The lowest BCUT2D eigenvalue weighted by molar-refractivity contribution is 0.0690. The highest BCUT2D eigenvalue weighted by Crippen LogP contribution is 2.35. The maximum atomic E-state index is 10.9. The summed E-state index contributed by atoms with van der Waals surface area (Å²) in [6.07, 6.45) is 0.757. The number of carboxylic acids is 1. The first kappa shape index (κ1) is 13.4. The molecule has 0 bridgehead atoms. The van der Waals surface area contributed by atoms with Crippen LogP contribution in [0.3, 0.4) is 0 Å². The Balaban J connectivity index is 2.59. The van der Waals surface area contributed by atoms with E-state index in [1.165, 1.54) is 6.07 Å². The lowest BCUT2D eigenvalue weighted by Gasteiger charge is -2.11. The minimum atomic E-state index is -1.06. The molecule has 0 spiro atoms. The second-order valence-corrected chi connectivity index (χ2v) is 4.41. The molecule has 0 fully saturated rings. The Morgan fingerprint density at radius 2 is 2.21 bits per heavy atom. The van der Waals surface area contributed by atoms with Gasteiger partial charge in [-0.3, -0.25) is 5.10 Å². The fourth-order valence-corrected chi connectivity index (χ4v) is 2.15. The van der Waals surface area contributed by atoms with E-state index in [1.54, 1.807) is 13.2 Å². The van der Waals surface area contributed by atoms with Gasteiger partial charge in [-0.1, -0.05) is 18.5 Å². The second-order valence-electron chi connectivity index (χ2n) is 3.97. The molecule has 0 aliphatic carbocycles. The van der Waals surface area contributed by atoms with Crippen LogP contribution in [0.1, 0.15) is 23.0 Å². The molecule has 2 aromatic rings. The summed E-state index contributed by atoms with van der Waals surface area (Å²) >= 11 is 6.07. The molecule has 0 unspecified atom stereocenters. The number of carboxylic acid groups (broad SMARTS) is 1. The van der Waals surface area contributed by atoms with Gasteiger partial charge < -0.3 is 9.84 Å². The Morgan fingerprint density at radius 1 is 1.47 bits per heavy atom. The molecule has 100 valence electrons. The van der Waals surface area contributed by atoms with Crippen molar-refractivity contribution in [3.63, 3.8) is 0 Å². The molecule has 1 heterocycles. The van der Waals surface area contributed by atoms with Crippen LogP contribution in [0.15, 0.2) is 18.2 Å². The number of ether oxygens (including phenoxy) is 1. The van der Waals surface area contributed by atoms with Crippen molar-refractivity contribution in [1.82, 2.24) is 10.2 Å². The van der Waals surface area contributed by atoms with Crippen LogP contribution in [0.5, 0.6) is 5.75 Å². The summed E-state index contributed by atoms with van der Waals surface area (Å²) < 4.78 is 5.39. The highest BCUT2D eigenvalue weighted by atomic mass is 35.5. The molecule has 0 amide bonds. The number of rotatable bonds is 4. The number of aromatic nitrogens is 2. The van der Waals surface area contributed by atoms with Gasteiger partial charge in [0.25, 0.3) is 0 Å². The number of aromatic amines is 1. The number of nitrogens with one attached hydrogen (secondary N) is 1. The van der Waals surface area contributed by atoms with Crippen molar-refractivity contribution < 1.29 is 14.6 Å². The zero-order valence-electron chi connectivity index (χ0n) is 10.5. The second kappa shape index (κ2) is 5.32. The Bertz CT molecular complexity index is 622. The molecule has 19 heavy (non-hydrogen) atoms. The predicted molar refractivity (Wildman–Crippen MR) is 71.9 cm³/mol. The number of methoxy groups -OCH3 is 1. The maximum absolute atomic E-state index is 10.9. The van der Waals surface area contributed by atoms with Gasteiger partial charge in [0.15, 0.2) is 0 Å². The lowest BCUT2D eigenvalue weighted by Crippen LogP contribution is -1.95. The fraction of sp³-hybridized carbons (Fsp3) is 0.231. The van der Waals surface area contributed by atoms with Crippen LogP contribution in [0, 0.1) is 0 Å². The predicted octanol–water partition coefficient (Wildman–Crippen LogP) is 3.00. The van der Waals surface area contributed by atoms with E-state index in [9.17, 15) is 4.79 Å². The van der Waals surface area contributed by atoms with Crippen molar-refractivity contribution in [1.29, 1.82) is 0 Å². The number of aryl methyl sites for hydroxylation is 1. The molecule has 6 heteroatoms. The van der Waals surface area contributed by atoms with Gasteiger partial charge in [0, 0.05) is 10.6 Å². The quantitative estimate of drug-likeness (QED) is 0.903. The van der Waals surface area contributed by atoms with Crippen LogP contribution < -0.4 is 4.74 Å². The standard InChI is InChI=1S/C13H13ClN2O3/c1-3-7-4-8(14)5-9(12(7)19-2)10-6-11(13(17)18)16-15-10/h4-6H,3H2,1-2H3,(H,15,16)(H,17,18). The number of hydrogen-bond donors (Lipinski definition) is 2. The number of benzene rings is 1. The summed E-state index contributed by atoms with van der Waals surface area (Å²) in [6, 6.07) is 4.99. The van der Waals surface area contributed by atoms with Crippen LogP contribution in [-0.4, -0.2) is 28.4 Å². The van der Waals surface area contributed by atoms with E-state index < -0.39 is 5.97 Å². The molecule has 0 radical (unpaired) electrons. The molecule has 5 nitrogen and oxygen atoms in total. The van der Waals surface area contributed by atoms with E-state index in [2.05, 4.69) is 10.2 Å². The van der Waals surface area contributed by atoms with E-state index in [4.69, 9.17) is 21.4 Å². The minimum absolute atomic E-state index is 0.0232. The van der Waals surface area contributed by atoms with Gasteiger partial charge in [0.1, 0.15) is 11.4 Å². The normalized spacial score (nSPS) is 10.5. The summed E-state index contributed by atoms with van der Waals surface area (Å²) in [7, 11) is 1.57. The molecule has 1 aromatic carbocycles. The highest BCUT2D eigenvalue weighted by Gasteiger charge is 2.16. The maximum Gasteiger partial charge on any atom is 0.353 e. The third kappa shape index (κ3) is 2.56. The first-order valence-corrected chi connectivity index (χ1v) is 6.10. The molecule has 1 aromatic heterocycles. The average Bonchev–Trinajstić information content (AvgIpc) is 2.87. The number of nitrogens with zero attached hydrogens (tertiary/aromatic N) is 1. The van der Waals surface area contributed by atoms with Gasteiger partial charge >= 0.3 is 5.97 Å². The molecule has 0 atom stereocenters. The average molecular weight is 281 g/mol. The Morgan fingerprint density at radius 3 is 2.74 bits per heavy atom. The molecular formula is C13H13ClN2O3. The van der Waals surface area contributed by atoms with E-state index >= 15 is 0 Å². The first-order chi connectivity index (χ1) is 9.06. The highest BCUT2D eigenvalue weighted by molar-refractivity contribution is 6.31. The van der Waals surface area contributed by atoms with Gasteiger partial charge in [-0.2, -0.15) is 5.10 Å². The molecule has 0 saturated carbocycles. The third-order valence-electron chi connectivity index (χ3n) is 2.80. The number of hydrogen-bond acceptors (Lipinski definition) is 3. The molecule has 0 aliphatic heterocycles. The van der Waals surface area contributed by atoms with E-state index in [1.807, 2.05) is 13.0 Å². The minimum Gasteiger partial charge on any atom is -0.496 e. The fourth-order valence-electron chi connectivity index (χ4n) is 1.91. The first-order valence-electron chi connectivity index (χ1n) is 5.72. The lowest BCUT2D eigenvalue weighted by atomic mass is 10.0. The van der Waals surface area contributed by atoms with Crippen molar-refractivity contribution in [2.75, 3.05) is 7.11 Å². The Hall–Kier alpha value is -2.01. The van der Waals surface area contributed by atoms with Gasteiger partial charge in [-0.15, -0.1) is 0 Å². The van der Waals surface area contributed by atoms with Crippen molar-refractivity contribution in [3.8, 4) is 17.0 Å². The third-order valence-corrected chi connectivity index (χ3v) is 3.02. The largest absolute Gasteiger partial charge is 0.496 e. The van der Waals surface area contributed by atoms with Crippen LogP contribution in [0.2, 0.25) is 5.02 Å². The number of carbonyl (C=O) groups is 1. The van der Waals surface area contributed by atoms with Crippen LogP contribution in [-0.2, 0) is 6.42 Å². The summed E-state index contributed by atoms with van der Waals surface area (Å²) in [5.74, 6) is -0.397. The smallest absolute Gasteiger partial charge is 0.353 e. The van der Waals surface area contributed by atoms with Gasteiger partial charge in [-0.05, 0) is 30.2 Å². The Kier molecular flexibility index (Phi) is 3.76. The van der Waals surface area contributed by atoms with Gasteiger partial charge in [0.05, 0.1) is 12.8 Å².